The first-order valence-corrected chi connectivity index (χ1v) is 11.2. The Morgan fingerprint density at radius 1 is 0.935 bits per heavy atom. The van der Waals surface area contributed by atoms with Crippen LogP contribution >= 0.6 is 0 Å². The molecule has 0 N–H and O–H groups in total. The molecule has 2 saturated heterocycles. The molecule has 6 nitrogen and oxygen atoms in total. The third-order valence-electron chi connectivity index (χ3n) is 5.93. The van der Waals surface area contributed by atoms with Crippen molar-refractivity contribution < 1.29 is 23.7 Å². The summed E-state index contributed by atoms with van der Waals surface area (Å²) in [4.78, 5) is 2.51. The van der Waals surface area contributed by atoms with Gasteiger partial charge in [-0.25, -0.2) is 0 Å². The van der Waals surface area contributed by atoms with Crippen LogP contribution in [0.3, 0.4) is 0 Å². The van der Waals surface area contributed by atoms with Crippen molar-refractivity contribution in [2.24, 2.45) is 0 Å². The summed E-state index contributed by atoms with van der Waals surface area (Å²) in [6, 6.07) is 12.2. The molecule has 2 heterocycles. The van der Waals surface area contributed by atoms with Crippen LogP contribution in [0.25, 0.3) is 11.1 Å². The molecule has 0 aromatic heterocycles. The second kappa shape index (κ2) is 10.8. The maximum atomic E-state index is 6.23. The predicted molar refractivity (Wildman–Crippen MR) is 120 cm³/mol. The lowest BCUT2D eigenvalue weighted by Crippen LogP contribution is -2.33. The highest BCUT2D eigenvalue weighted by molar-refractivity contribution is 5.78. The molecule has 2 fully saturated rings. The summed E-state index contributed by atoms with van der Waals surface area (Å²) < 4.78 is 28.8. The normalized spacial score (nSPS) is 19.7. The van der Waals surface area contributed by atoms with Crippen LogP contribution in [0.15, 0.2) is 36.4 Å². The molecule has 0 radical (unpaired) electrons. The van der Waals surface area contributed by atoms with Gasteiger partial charge >= 0.3 is 0 Å². The van der Waals surface area contributed by atoms with Gasteiger partial charge in [0.05, 0.1) is 39.6 Å². The van der Waals surface area contributed by atoms with E-state index < -0.39 is 0 Å². The van der Waals surface area contributed by atoms with Crippen molar-refractivity contribution in [2.45, 2.75) is 31.9 Å². The Kier molecular flexibility index (Phi) is 7.67. The third-order valence-corrected chi connectivity index (χ3v) is 5.93. The number of hydrogen-bond donors (Lipinski definition) is 0. The van der Waals surface area contributed by atoms with Gasteiger partial charge in [-0.15, -0.1) is 0 Å². The van der Waals surface area contributed by atoms with Gasteiger partial charge in [0.1, 0.15) is 30.0 Å². The molecule has 2 aromatic rings. The fraction of sp³-hybridized carbons (Fsp3) is 0.520. The summed E-state index contributed by atoms with van der Waals surface area (Å²) in [6.07, 6.45) is 3.80. The van der Waals surface area contributed by atoms with E-state index in [0.717, 1.165) is 48.0 Å². The van der Waals surface area contributed by atoms with E-state index in [1.165, 1.54) is 24.8 Å². The van der Waals surface area contributed by atoms with Crippen molar-refractivity contribution >= 4 is 0 Å². The number of likely N-dealkylation sites (tertiary alicyclic amines) is 1. The van der Waals surface area contributed by atoms with Crippen molar-refractivity contribution in [1.29, 1.82) is 0 Å². The number of methoxy groups -OCH3 is 2. The lowest BCUT2D eigenvalue weighted by molar-refractivity contribution is -0.101. The van der Waals surface area contributed by atoms with Gasteiger partial charge in [0, 0.05) is 12.1 Å². The number of nitrogens with zero attached hydrogens (tertiary/aromatic N) is 1. The molecule has 6 heteroatoms. The fourth-order valence-electron chi connectivity index (χ4n) is 4.31. The molecule has 2 aliphatic heterocycles. The van der Waals surface area contributed by atoms with Crippen LogP contribution in [-0.4, -0.2) is 64.7 Å². The van der Waals surface area contributed by atoms with Gasteiger partial charge in [0.2, 0.25) is 0 Å². The van der Waals surface area contributed by atoms with Crippen LogP contribution in [0.4, 0.5) is 0 Å². The molecule has 2 aliphatic rings. The molecule has 2 aromatic carbocycles. The minimum absolute atomic E-state index is 0.0226. The number of ether oxygens (including phenoxy) is 5. The van der Waals surface area contributed by atoms with Crippen molar-refractivity contribution in [3.8, 4) is 28.4 Å². The van der Waals surface area contributed by atoms with Crippen LogP contribution in [0, 0.1) is 0 Å². The van der Waals surface area contributed by atoms with Crippen LogP contribution < -0.4 is 14.2 Å². The smallest absolute Gasteiger partial charge is 0.130 e. The second-order valence-corrected chi connectivity index (χ2v) is 8.08. The monoisotopic (exact) mass is 427 g/mol. The van der Waals surface area contributed by atoms with Gasteiger partial charge in [-0.3, -0.25) is 4.90 Å². The Bertz CT molecular complexity index is 822. The first-order chi connectivity index (χ1) is 15.3. The molecule has 1 atom stereocenters. The second-order valence-electron chi connectivity index (χ2n) is 8.08. The van der Waals surface area contributed by atoms with Crippen LogP contribution in [0.1, 0.15) is 24.8 Å². The summed E-state index contributed by atoms with van der Waals surface area (Å²) >= 11 is 0. The van der Waals surface area contributed by atoms with Gasteiger partial charge in [-0.05, 0) is 55.8 Å². The highest BCUT2D eigenvalue weighted by Crippen LogP contribution is 2.40. The predicted octanol–water partition coefficient (Wildman–Crippen LogP) is 4.15. The largest absolute Gasteiger partial charge is 0.496 e. The van der Waals surface area contributed by atoms with E-state index >= 15 is 0 Å². The van der Waals surface area contributed by atoms with E-state index in [2.05, 4.69) is 23.1 Å². The lowest BCUT2D eigenvalue weighted by Gasteiger charge is -2.28. The molecule has 0 bridgehead atoms. The van der Waals surface area contributed by atoms with E-state index in [9.17, 15) is 0 Å². The number of rotatable bonds is 8. The topological polar surface area (TPSA) is 49.4 Å². The highest BCUT2D eigenvalue weighted by Gasteiger charge is 2.20. The molecule has 0 saturated carbocycles. The van der Waals surface area contributed by atoms with Gasteiger partial charge in [0.25, 0.3) is 0 Å². The number of hydrogen-bond acceptors (Lipinski definition) is 6. The zero-order valence-electron chi connectivity index (χ0n) is 18.6. The standard InChI is InChI=1S/C25H33NO5/c1-27-23-7-6-8-24(28-2)25(23)19-9-10-22(31-18-21-17-29-13-14-30-21)20(15-19)16-26-11-4-3-5-12-26/h6-10,15,21H,3-5,11-14,16-18H2,1-2H3. The maximum Gasteiger partial charge on any atom is 0.130 e. The first-order valence-electron chi connectivity index (χ1n) is 11.2. The average molecular weight is 428 g/mol. The minimum Gasteiger partial charge on any atom is -0.496 e. The quantitative estimate of drug-likeness (QED) is 0.631. The zero-order valence-corrected chi connectivity index (χ0v) is 18.6. The Balaban J connectivity index is 1.62. The summed E-state index contributed by atoms with van der Waals surface area (Å²) in [5, 5.41) is 0. The zero-order chi connectivity index (χ0) is 21.5. The van der Waals surface area contributed by atoms with Crippen molar-refractivity contribution in [1.82, 2.24) is 4.90 Å². The van der Waals surface area contributed by atoms with E-state index in [4.69, 9.17) is 23.7 Å². The van der Waals surface area contributed by atoms with Gasteiger partial charge in [-0.1, -0.05) is 18.6 Å². The van der Waals surface area contributed by atoms with Crippen LogP contribution in [0.2, 0.25) is 0 Å². The van der Waals surface area contributed by atoms with Gasteiger partial charge in [0.15, 0.2) is 0 Å². The SMILES string of the molecule is COc1cccc(OC)c1-c1ccc(OCC2COCCO2)c(CN2CCCCC2)c1. The van der Waals surface area contributed by atoms with Crippen molar-refractivity contribution in [3.63, 3.8) is 0 Å². The first kappa shape index (κ1) is 21.9. The molecule has 4 rings (SSSR count). The Hall–Kier alpha value is -2.28. The number of benzene rings is 2. The molecule has 0 spiro atoms. The molecule has 0 aliphatic carbocycles. The van der Waals surface area contributed by atoms with E-state index in [0.29, 0.717) is 26.4 Å². The van der Waals surface area contributed by atoms with E-state index in [1.54, 1.807) is 14.2 Å². The van der Waals surface area contributed by atoms with Gasteiger partial charge in [-0.2, -0.15) is 0 Å². The van der Waals surface area contributed by atoms with Gasteiger partial charge < -0.3 is 23.7 Å². The van der Waals surface area contributed by atoms with Crippen molar-refractivity contribution in [2.75, 3.05) is 53.7 Å². The summed E-state index contributed by atoms with van der Waals surface area (Å²) in [6.45, 7) is 5.47. The highest BCUT2D eigenvalue weighted by atomic mass is 16.6. The third kappa shape index (κ3) is 5.50. The van der Waals surface area contributed by atoms with Crippen LogP contribution in [-0.2, 0) is 16.0 Å². The molecular formula is C25H33NO5. The Morgan fingerprint density at radius 3 is 2.39 bits per heavy atom. The molecular weight excluding hydrogens is 394 g/mol. The minimum atomic E-state index is -0.0226. The summed E-state index contributed by atoms with van der Waals surface area (Å²) in [7, 11) is 3.38. The summed E-state index contributed by atoms with van der Waals surface area (Å²) in [5.74, 6) is 2.49. The summed E-state index contributed by atoms with van der Waals surface area (Å²) in [5.41, 5.74) is 3.19. The molecule has 1 unspecified atom stereocenters. The Labute approximate surface area is 185 Å². The van der Waals surface area contributed by atoms with Crippen molar-refractivity contribution in [3.05, 3.63) is 42.0 Å². The fourth-order valence-corrected chi connectivity index (χ4v) is 4.31. The van der Waals surface area contributed by atoms with Crippen LogP contribution in [0.5, 0.6) is 17.2 Å². The maximum absolute atomic E-state index is 6.23. The number of piperidine rings is 1. The molecule has 168 valence electrons. The molecule has 31 heavy (non-hydrogen) atoms. The lowest BCUT2D eigenvalue weighted by atomic mass is 9.99. The molecule has 0 amide bonds. The average Bonchev–Trinajstić information content (AvgIpc) is 2.84. The Morgan fingerprint density at radius 2 is 1.71 bits per heavy atom. The van der Waals surface area contributed by atoms with E-state index in [-0.39, 0.29) is 6.10 Å². The van der Waals surface area contributed by atoms with E-state index in [1.807, 2.05) is 18.2 Å².